The average molecular weight is 302 g/mol. The second-order valence-corrected chi connectivity index (χ2v) is 5.58. The molecule has 1 aliphatic rings. The molecule has 0 amide bonds. The first-order valence-electron chi connectivity index (χ1n) is 7.61. The number of nitrogens with zero attached hydrogens (tertiary/aromatic N) is 6. The monoisotopic (exact) mass is 302 g/mol. The molecular formula is C14H22N8. The summed E-state index contributed by atoms with van der Waals surface area (Å²) in [6, 6.07) is 1.92. The normalized spacial score (nSPS) is 16.0. The molecule has 0 bridgehead atoms. The Morgan fingerprint density at radius 1 is 1.18 bits per heavy atom. The summed E-state index contributed by atoms with van der Waals surface area (Å²) in [6.45, 7) is 7.92. The van der Waals surface area contributed by atoms with Crippen LogP contribution < -0.4 is 10.2 Å². The Labute approximate surface area is 130 Å². The van der Waals surface area contributed by atoms with Gasteiger partial charge < -0.3 is 15.1 Å². The molecule has 1 saturated heterocycles. The number of H-pyrrole nitrogens is 1. The molecule has 118 valence electrons. The molecule has 3 rings (SSSR count). The standard InChI is InChI=1S/C14H22N8/c1-4-11-15-13(16-12-9-10(2)19-20-12)18-14(17-11)22-7-5-21(3)6-8-22/h9H,4-8H2,1-3H3,(H2,15,16,17,18,19,20). The van der Waals surface area contributed by atoms with Gasteiger partial charge in [0.15, 0.2) is 5.82 Å². The molecule has 0 unspecified atom stereocenters. The average Bonchev–Trinajstić information content (AvgIpc) is 2.92. The molecule has 2 aromatic rings. The van der Waals surface area contributed by atoms with Gasteiger partial charge in [-0.25, -0.2) is 0 Å². The van der Waals surface area contributed by atoms with Gasteiger partial charge in [-0.05, 0) is 14.0 Å². The van der Waals surface area contributed by atoms with Gasteiger partial charge in [0, 0.05) is 44.4 Å². The van der Waals surface area contributed by atoms with Crippen LogP contribution in [-0.4, -0.2) is 63.3 Å². The maximum absolute atomic E-state index is 4.56. The third-order valence-electron chi connectivity index (χ3n) is 3.72. The number of hydrogen-bond acceptors (Lipinski definition) is 7. The summed E-state index contributed by atoms with van der Waals surface area (Å²) in [4.78, 5) is 18.1. The van der Waals surface area contributed by atoms with Crippen molar-refractivity contribution in [1.82, 2.24) is 30.0 Å². The maximum Gasteiger partial charge on any atom is 0.233 e. The lowest BCUT2D eigenvalue weighted by atomic mass is 10.3. The number of hydrogen-bond donors (Lipinski definition) is 2. The van der Waals surface area contributed by atoms with E-state index in [0.717, 1.165) is 55.9 Å². The number of likely N-dealkylation sites (N-methyl/N-ethyl adjacent to an activating group) is 1. The van der Waals surface area contributed by atoms with Gasteiger partial charge in [-0.3, -0.25) is 5.10 Å². The summed E-state index contributed by atoms with van der Waals surface area (Å²) in [5.41, 5.74) is 0.992. The van der Waals surface area contributed by atoms with Gasteiger partial charge >= 0.3 is 0 Å². The van der Waals surface area contributed by atoms with Gasteiger partial charge in [-0.2, -0.15) is 20.1 Å². The van der Waals surface area contributed by atoms with E-state index in [1.165, 1.54) is 0 Å². The zero-order chi connectivity index (χ0) is 15.5. The molecule has 2 N–H and O–H groups in total. The first kappa shape index (κ1) is 14.7. The topological polar surface area (TPSA) is 85.9 Å². The Morgan fingerprint density at radius 2 is 1.95 bits per heavy atom. The van der Waals surface area contributed by atoms with E-state index in [4.69, 9.17) is 0 Å². The molecule has 0 aliphatic carbocycles. The van der Waals surface area contributed by atoms with Gasteiger partial charge in [-0.15, -0.1) is 0 Å². The second kappa shape index (κ2) is 6.27. The fraction of sp³-hybridized carbons (Fsp3) is 0.571. The first-order chi connectivity index (χ1) is 10.6. The largest absolute Gasteiger partial charge is 0.338 e. The molecule has 1 fully saturated rings. The Balaban J connectivity index is 1.82. The first-order valence-corrected chi connectivity index (χ1v) is 7.61. The molecule has 22 heavy (non-hydrogen) atoms. The van der Waals surface area contributed by atoms with Crippen molar-refractivity contribution in [2.75, 3.05) is 43.4 Å². The van der Waals surface area contributed by atoms with Crippen molar-refractivity contribution >= 4 is 17.7 Å². The fourth-order valence-corrected chi connectivity index (χ4v) is 2.37. The number of aryl methyl sites for hydroxylation is 2. The zero-order valence-corrected chi connectivity index (χ0v) is 13.3. The number of rotatable bonds is 4. The summed E-state index contributed by atoms with van der Waals surface area (Å²) in [7, 11) is 2.13. The van der Waals surface area contributed by atoms with Crippen LogP contribution in [-0.2, 0) is 6.42 Å². The van der Waals surface area contributed by atoms with E-state index in [1.807, 2.05) is 19.9 Å². The van der Waals surface area contributed by atoms with Crippen LogP contribution in [0.3, 0.4) is 0 Å². The van der Waals surface area contributed by atoms with Crippen molar-refractivity contribution in [2.45, 2.75) is 20.3 Å². The highest BCUT2D eigenvalue weighted by Gasteiger charge is 2.18. The van der Waals surface area contributed by atoms with Gasteiger partial charge in [-0.1, -0.05) is 6.92 Å². The van der Waals surface area contributed by atoms with Crippen LogP contribution >= 0.6 is 0 Å². The molecule has 0 aromatic carbocycles. The smallest absolute Gasteiger partial charge is 0.233 e. The van der Waals surface area contributed by atoms with Crippen LogP contribution in [0.25, 0.3) is 0 Å². The molecule has 0 saturated carbocycles. The summed E-state index contributed by atoms with van der Waals surface area (Å²) < 4.78 is 0. The zero-order valence-electron chi connectivity index (χ0n) is 13.3. The minimum atomic E-state index is 0.548. The number of nitrogens with one attached hydrogen (secondary N) is 2. The van der Waals surface area contributed by atoms with Crippen LogP contribution in [0.4, 0.5) is 17.7 Å². The molecule has 1 aliphatic heterocycles. The van der Waals surface area contributed by atoms with Crippen molar-refractivity contribution in [2.24, 2.45) is 0 Å². The predicted octanol–water partition coefficient (Wildman–Crippen LogP) is 0.961. The molecular weight excluding hydrogens is 280 g/mol. The van der Waals surface area contributed by atoms with Crippen molar-refractivity contribution in [1.29, 1.82) is 0 Å². The van der Waals surface area contributed by atoms with E-state index in [9.17, 15) is 0 Å². The highest BCUT2D eigenvalue weighted by molar-refractivity contribution is 5.49. The summed E-state index contributed by atoms with van der Waals surface area (Å²) in [5.74, 6) is 2.80. The van der Waals surface area contributed by atoms with Crippen molar-refractivity contribution in [3.8, 4) is 0 Å². The minimum absolute atomic E-state index is 0.548. The van der Waals surface area contributed by atoms with Crippen molar-refractivity contribution in [3.63, 3.8) is 0 Å². The lowest BCUT2D eigenvalue weighted by Gasteiger charge is -2.32. The van der Waals surface area contributed by atoms with E-state index in [-0.39, 0.29) is 0 Å². The number of aromatic amines is 1. The Morgan fingerprint density at radius 3 is 2.59 bits per heavy atom. The molecule has 3 heterocycles. The molecule has 8 heteroatoms. The van der Waals surface area contributed by atoms with Crippen LogP contribution in [0, 0.1) is 6.92 Å². The lowest BCUT2D eigenvalue weighted by molar-refractivity contribution is 0.311. The third-order valence-corrected chi connectivity index (χ3v) is 3.72. The Hall–Kier alpha value is -2.22. The highest BCUT2D eigenvalue weighted by Crippen LogP contribution is 2.16. The van der Waals surface area contributed by atoms with E-state index < -0.39 is 0 Å². The van der Waals surface area contributed by atoms with Crippen LogP contribution in [0.2, 0.25) is 0 Å². The maximum atomic E-state index is 4.56. The summed E-state index contributed by atoms with van der Waals surface area (Å²) >= 11 is 0. The molecule has 8 nitrogen and oxygen atoms in total. The third kappa shape index (κ3) is 3.33. The van der Waals surface area contributed by atoms with Gasteiger partial charge in [0.05, 0.1) is 0 Å². The summed E-state index contributed by atoms with van der Waals surface area (Å²) in [6.07, 6.45) is 0.775. The Bertz CT molecular complexity index is 630. The van der Waals surface area contributed by atoms with E-state index in [1.54, 1.807) is 0 Å². The summed E-state index contributed by atoms with van der Waals surface area (Å²) in [5, 5.41) is 10.2. The fourth-order valence-electron chi connectivity index (χ4n) is 2.37. The molecule has 0 radical (unpaired) electrons. The van der Waals surface area contributed by atoms with E-state index in [2.05, 4.69) is 47.3 Å². The Kier molecular flexibility index (Phi) is 4.19. The van der Waals surface area contributed by atoms with Crippen LogP contribution in [0.5, 0.6) is 0 Å². The van der Waals surface area contributed by atoms with Crippen molar-refractivity contribution < 1.29 is 0 Å². The van der Waals surface area contributed by atoms with E-state index in [0.29, 0.717) is 5.95 Å². The van der Waals surface area contributed by atoms with Gasteiger partial charge in [0.2, 0.25) is 11.9 Å². The molecule has 0 atom stereocenters. The van der Waals surface area contributed by atoms with Gasteiger partial charge in [0.1, 0.15) is 5.82 Å². The van der Waals surface area contributed by atoms with Crippen molar-refractivity contribution in [3.05, 3.63) is 17.6 Å². The molecule has 2 aromatic heterocycles. The van der Waals surface area contributed by atoms with Crippen LogP contribution in [0.15, 0.2) is 6.07 Å². The highest BCUT2D eigenvalue weighted by atomic mass is 15.3. The number of anilines is 3. The van der Waals surface area contributed by atoms with Crippen LogP contribution in [0.1, 0.15) is 18.4 Å². The molecule has 0 spiro atoms. The van der Waals surface area contributed by atoms with Gasteiger partial charge in [0.25, 0.3) is 0 Å². The number of piperazine rings is 1. The quantitative estimate of drug-likeness (QED) is 0.870. The number of aromatic nitrogens is 5. The minimum Gasteiger partial charge on any atom is -0.338 e. The lowest BCUT2D eigenvalue weighted by Crippen LogP contribution is -2.45. The SMILES string of the molecule is CCc1nc(Nc2cc(C)[nH]n2)nc(N2CCN(C)CC2)n1. The predicted molar refractivity (Wildman–Crippen MR) is 85.5 cm³/mol. The van der Waals surface area contributed by atoms with E-state index >= 15 is 0 Å². The second-order valence-electron chi connectivity index (χ2n) is 5.58.